The number of hydrogen-bond acceptors (Lipinski definition) is 5. The zero-order chi connectivity index (χ0) is 25.6. The summed E-state index contributed by atoms with van der Waals surface area (Å²) in [6.07, 6.45) is 1.78. The van der Waals surface area contributed by atoms with Gasteiger partial charge < -0.3 is 14.8 Å². The number of amides is 1. The molecule has 10 heteroatoms. The van der Waals surface area contributed by atoms with E-state index in [1.165, 1.54) is 13.1 Å². The zero-order valence-electron chi connectivity index (χ0n) is 19.1. The number of hydrogen-bond donors (Lipinski definition) is 3. The Labute approximate surface area is 211 Å². The first-order valence-corrected chi connectivity index (χ1v) is 13.2. The van der Waals surface area contributed by atoms with Crippen LogP contribution in [0.25, 0.3) is 22.3 Å². The van der Waals surface area contributed by atoms with Gasteiger partial charge in [0.05, 0.1) is 17.0 Å². The van der Waals surface area contributed by atoms with Crippen molar-refractivity contribution in [2.24, 2.45) is 0 Å². The van der Waals surface area contributed by atoms with Gasteiger partial charge in [-0.3, -0.25) is 9.52 Å². The van der Waals surface area contributed by atoms with E-state index in [-0.39, 0.29) is 17.4 Å². The molecule has 0 radical (unpaired) electrons. The number of carbonyl (C=O) groups excluding carboxylic acids is 1. The molecule has 0 aliphatic heterocycles. The highest BCUT2D eigenvalue weighted by Crippen LogP contribution is 2.47. The van der Waals surface area contributed by atoms with Gasteiger partial charge in [0.2, 0.25) is 10.0 Å². The molecule has 0 bridgehead atoms. The SMILES string of the molecule is CNC(=O)c1c(-c2ccc(Cl)cc2)oc2cc(NS(=O)(=O)Cc3ccc(O)c(F)c3)c(C3CC3)cc12. The third-order valence-corrected chi connectivity index (χ3v) is 7.57. The molecule has 1 aliphatic carbocycles. The molecule has 0 saturated heterocycles. The lowest BCUT2D eigenvalue weighted by molar-refractivity contribution is 0.0964. The van der Waals surface area contributed by atoms with Crippen LogP contribution in [0.4, 0.5) is 10.1 Å². The first-order chi connectivity index (χ1) is 17.1. The Balaban J connectivity index is 1.59. The van der Waals surface area contributed by atoms with E-state index in [9.17, 15) is 22.7 Å². The van der Waals surface area contributed by atoms with Crippen molar-refractivity contribution in [3.05, 3.63) is 82.1 Å². The minimum absolute atomic E-state index is 0.143. The molecular weight excluding hydrogens is 507 g/mol. The van der Waals surface area contributed by atoms with Crippen LogP contribution in [0.3, 0.4) is 0 Å². The molecule has 3 aromatic carbocycles. The second-order valence-corrected chi connectivity index (χ2v) is 10.9. The van der Waals surface area contributed by atoms with E-state index in [0.29, 0.717) is 38.6 Å². The second kappa shape index (κ2) is 9.15. The van der Waals surface area contributed by atoms with Gasteiger partial charge in [0, 0.05) is 29.1 Å². The first kappa shape index (κ1) is 24.1. The fourth-order valence-corrected chi connectivity index (χ4v) is 5.53. The lowest BCUT2D eigenvalue weighted by atomic mass is 10.0. The highest BCUT2D eigenvalue weighted by molar-refractivity contribution is 7.91. The molecule has 0 spiro atoms. The molecule has 36 heavy (non-hydrogen) atoms. The standard InChI is InChI=1S/C26H22ClFN2O5S/c1-29-26(32)24-19-11-18(15-3-4-15)21(12-23(19)35-25(24)16-5-7-17(27)8-6-16)30-36(33,34)13-14-2-9-22(31)20(28)10-14/h2,5-12,15,30-31H,3-4,13H2,1H3,(H,29,32). The Hall–Kier alpha value is -3.56. The zero-order valence-corrected chi connectivity index (χ0v) is 20.7. The molecule has 1 aliphatic rings. The van der Waals surface area contributed by atoms with Crippen LogP contribution in [-0.2, 0) is 15.8 Å². The fraction of sp³-hybridized carbons (Fsp3) is 0.192. The van der Waals surface area contributed by atoms with Gasteiger partial charge in [-0.25, -0.2) is 12.8 Å². The Morgan fingerprint density at radius 3 is 2.50 bits per heavy atom. The lowest BCUT2D eigenvalue weighted by Gasteiger charge is -2.13. The van der Waals surface area contributed by atoms with E-state index >= 15 is 0 Å². The number of furan rings is 1. The number of anilines is 1. The van der Waals surface area contributed by atoms with Gasteiger partial charge in [-0.15, -0.1) is 0 Å². The topological polar surface area (TPSA) is 109 Å². The number of phenols is 1. The van der Waals surface area contributed by atoms with Crippen LogP contribution in [0, 0.1) is 5.82 Å². The molecule has 1 aromatic heterocycles. The van der Waals surface area contributed by atoms with Crippen molar-refractivity contribution in [3.63, 3.8) is 0 Å². The van der Waals surface area contributed by atoms with Crippen molar-refractivity contribution in [1.82, 2.24) is 5.32 Å². The average Bonchev–Trinajstić information content (AvgIpc) is 3.61. The van der Waals surface area contributed by atoms with E-state index < -0.39 is 27.3 Å². The maximum absolute atomic E-state index is 13.7. The number of fused-ring (bicyclic) bond motifs is 1. The van der Waals surface area contributed by atoms with Crippen LogP contribution >= 0.6 is 11.6 Å². The van der Waals surface area contributed by atoms with Gasteiger partial charge >= 0.3 is 0 Å². The van der Waals surface area contributed by atoms with Gasteiger partial charge in [-0.2, -0.15) is 0 Å². The first-order valence-electron chi connectivity index (χ1n) is 11.2. The summed E-state index contributed by atoms with van der Waals surface area (Å²) < 4.78 is 48.4. The van der Waals surface area contributed by atoms with Crippen LogP contribution in [0.5, 0.6) is 5.75 Å². The van der Waals surface area contributed by atoms with Gasteiger partial charge in [-0.05, 0) is 72.4 Å². The third kappa shape index (κ3) is 4.76. The van der Waals surface area contributed by atoms with Gasteiger partial charge in [-0.1, -0.05) is 17.7 Å². The van der Waals surface area contributed by atoms with Gasteiger partial charge in [0.1, 0.15) is 11.3 Å². The van der Waals surface area contributed by atoms with Crippen molar-refractivity contribution in [3.8, 4) is 17.1 Å². The van der Waals surface area contributed by atoms with Crippen molar-refractivity contribution < 1.29 is 27.1 Å². The Bertz CT molecular complexity index is 1600. The molecule has 1 amide bonds. The Morgan fingerprint density at radius 2 is 1.86 bits per heavy atom. The van der Waals surface area contributed by atoms with E-state index in [1.54, 1.807) is 36.4 Å². The predicted octanol–water partition coefficient (Wildman–Crippen LogP) is 5.78. The molecule has 3 N–H and O–H groups in total. The summed E-state index contributed by atoms with van der Waals surface area (Å²) in [6.45, 7) is 0. The number of benzene rings is 3. The largest absolute Gasteiger partial charge is 0.505 e. The number of aromatic hydroxyl groups is 1. The summed E-state index contributed by atoms with van der Waals surface area (Å²) in [5, 5.41) is 13.1. The van der Waals surface area contributed by atoms with Crippen LogP contribution in [0.2, 0.25) is 5.02 Å². The minimum atomic E-state index is -3.93. The summed E-state index contributed by atoms with van der Waals surface area (Å²) in [6, 6.07) is 13.7. The highest BCUT2D eigenvalue weighted by Gasteiger charge is 2.31. The summed E-state index contributed by atoms with van der Waals surface area (Å²) in [7, 11) is -2.40. The molecule has 5 rings (SSSR count). The Kier molecular flexibility index (Phi) is 6.13. The third-order valence-electron chi connectivity index (χ3n) is 6.07. The van der Waals surface area contributed by atoms with Crippen LogP contribution in [0.1, 0.15) is 40.2 Å². The number of nitrogens with one attached hydrogen (secondary N) is 2. The Morgan fingerprint density at radius 1 is 1.14 bits per heavy atom. The number of halogens is 2. The second-order valence-electron chi connectivity index (χ2n) is 8.75. The fourth-order valence-electron chi connectivity index (χ4n) is 4.20. The summed E-state index contributed by atoms with van der Waals surface area (Å²) in [4.78, 5) is 12.9. The van der Waals surface area contributed by atoms with E-state index in [4.69, 9.17) is 16.0 Å². The predicted molar refractivity (Wildman–Crippen MR) is 136 cm³/mol. The lowest BCUT2D eigenvalue weighted by Crippen LogP contribution is -2.18. The van der Waals surface area contributed by atoms with Crippen molar-refractivity contribution in [2.75, 3.05) is 11.8 Å². The molecule has 4 aromatic rings. The molecule has 7 nitrogen and oxygen atoms in total. The number of carbonyl (C=O) groups is 1. The highest BCUT2D eigenvalue weighted by atomic mass is 35.5. The summed E-state index contributed by atoms with van der Waals surface area (Å²) >= 11 is 6.02. The summed E-state index contributed by atoms with van der Waals surface area (Å²) in [5.41, 5.74) is 2.65. The molecule has 1 heterocycles. The van der Waals surface area contributed by atoms with Crippen molar-refractivity contribution in [1.29, 1.82) is 0 Å². The smallest absolute Gasteiger partial charge is 0.255 e. The number of phenolic OH excluding ortho intramolecular Hbond substituents is 1. The van der Waals surface area contributed by atoms with Gasteiger partial charge in [0.15, 0.2) is 11.6 Å². The summed E-state index contributed by atoms with van der Waals surface area (Å²) in [5.74, 6) is -1.76. The van der Waals surface area contributed by atoms with E-state index in [1.807, 2.05) is 0 Å². The minimum Gasteiger partial charge on any atom is -0.505 e. The normalized spacial score (nSPS) is 13.6. The van der Waals surface area contributed by atoms with Gasteiger partial charge in [0.25, 0.3) is 5.91 Å². The maximum atomic E-state index is 13.7. The average molecular weight is 529 g/mol. The van der Waals surface area contributed by atoms with Crippen molar-refractivity contribution >= 4 is 44.2 Å². The van der Waals surface area contributed by atoms with E-state index in [0.717, 1.165) is 30.5 Å². The van der Waals surface area contributed by atoms with Crippen molar-refractivity contribution in [2.45, 2.75) is 24.5 Å². The van der Waals surface area contributed by atoms with E-state index in [2.05, 4.69) is 10.0 Å². The maximum Gasteiger partial charge on any atom is 0.255 e. The molecule has 1 fully saturated rings. The molecular formula is C26H22ClFN2O5S. The molecule has 0 unspecified atom stereocenters. The van der Waals surface area contributed by atoms with Crippen LogP contribution in [0.15, 0.2) is 59.0 Å². The molecule has 186 valence electrons. The number of rotatable bonds is 7. The molecule has 1 saturated carbocycles. The quantitative estimate of drug-likeness (QED) is 0.282. The van der Waals surface area contributed by atoms with Crippen LogP contribution in [-0.4, -0.2) is 26.5 Å². The monoisotopic (exact) mass is 528 g/mol. The molecule has 0 atom stereocenters. The van der Waals surface area contributed by atoms with Crippen LogP contribution < -0.4 is 10.0 Å². The number of sulfonamides is 1.